The van der Waals surface area contributed by atoms with Gasteiger partial charge in [0.25, 0.3) is 0 Å². The number of anilines is 1. The standard InChI is InChI=1S/C25H29F3N4.C2H4/c1-4-18-8-10-19(11-9-18)16(2)29-20-12-14-21(15-13-20)30-22-6-5-7-23-31-24(25(26,27)28)17(3)32(22)23;1-2/h5-11,20-21,29-30H,2,4,12-15H2,1,3H3;1-2H2. The maximum Gasteiger partial charge on any atom is 0.435 e. The SMILES string of the molecule is C=C.C=C(NC1CCC(Nc2cccc3nc(C(F)(F)F)c(C)n23)CC1)c1ccc(CC)cc1. The summed E-state index contributed by atoms with van der Waals surface area (Å²) < 4.78 is 41.4. The highest BCUT2D eigenvalue weighted by atomic mass is 19.4. The van der Waals surface area contributed by atoms with Crippen LogP contribution in [0.15, 0.2) is 62.2 Å². The van der Waals surface area contributed by atoms with Crippen LogP contribution in [0.1, 0.15) is 55.1 Å². The first-order valence-corrected chi connectivity index (χ1v) is 11.6. The third kappa shape index (κ3) is 5.64. The van der Waals surface area contributed by atoms with E-state index in [9.17, 15) is 13.2 Å². The normalized spacial score (nSPS) is 18.1. The number of hydrogen-bond donors (Lipinski definition) is 2. The van der Waals surface area contributed by atoms with E-state index in [1.807, 2.05) is 6.07 Å². The molecule has 1 aliphatic carbocycles. The van der Waals surface area contributed by atoms with Gasteiger partial charge in [0.05, 0.1) is 5.69 Å². The predicted octanol–water partition coefficient (Wildman–Crippen LogP) is 7.01. The molecular weight excluding hydrogens is 437 g/mol. The third-order valence-electron chi connectivity index (χ3n) is 6.31. The fourth-order valence-electron chi connectivity index (χ4n) is 4.48. The summed E-state index contributed by atoms with van der Waals surface area (Å²) in [4.78, 5) is 3.80. The summed E-state index contributed by atoms with van der Waals surface area (Å²) in [5.41, 5.74) is 2.92. The largest absolute Gasteiger partial charge is 0.435 e. The number of aromatic nitrogens is 2. The van der Waals surface area contributed by atoms with Gasteiger partial charge in [0.2, 0.25) is 0 Å². The maximum atomic E-state index is 13.3. The van der Waals surface area contributed by atoms with E-state index in [1.165, 1.54) is 12.5 Å². The van der Waals surface area contributed by atoms with Gasteiger partial charge in [0.15, 0.2) is 5.69 Å². The Morgan fingerprint density at radius 2 is 1.65 bits per heavy atom. The molecule has 2 aromatic heterocycles. The first kappa shape index (κ1) is 25.4. The van der Waals surface area contributed by atoms with E-state index >= 15 is 0 Å². The van der Waals surface area contributed by atoms with Crippen molar-refractivity contribution in [2.75, 3.05) is 5.32 Å². The monoisotopic (exact) mass is 470 g/mol. The molecule has 0 unspecified atom stereocenters. The number of aryl methyl sites for hydroxylation is 2. The second kappa shape index (κ2) is 10.8. The van der Waals surface area contributed by atoms with Crippen LogP contribution in [0.2, 0.25) is 0 Å². The summed E-state index contributed by atoms with van der Waals surface area (Å²) in [6, 6.07) is 14.2. The molecule has 2 N–H and O–H groups in total. The first-order valence-electron chi connectivity index (χ1n) is 11.6. The van der Waals surface area contributed by atoms with E-state index in [-0.39, 0.29) is 11.7 Å². The van der Waals surface area contributed by atoms with E-state index in [2.05, 4.69) is 66.5 Å². The number of alkyl halides is 3. The van der Waals surface area contributed by atoms with Crippen LogP contribution in [0.25, 0.3) is 11.3 Å². The van der Waals surface area contributed by atoms with Crippen molar-refractivity contribution in [3.05, 3.63) is 84.7 Å². The van der Waals surface area contributed by atoms with Crippen LogP contribution in [-0.2, 0) is 12.6 Å². The summed E-state index contributed by atoms with van der Waals surface area (Å²) in [6.07, 6.45) is 0.343. The number of imidazole rings is 1. The van der Waals surface area contributed by atoms with E-state index in [4.69, 9.17) is 0 Å². The van der Waals surface area contributed by atoms with Crippen LogP contribution < -0.4 is 10.6 Å². The van der Waals surface area contributed by atoms with Gasteiger partial charge in [-0.15, -0.1) is 13.2 Å². The van der Waals surface area contributed by atoms with Gasteiger partial charge in [0.1, 0.15) is 11.5 Å². The second-order valence-corrected chi connectivity index (χ2v) is 8.51. The molecule has 182 valence electrons. The molecule has 0 aliphatic heterocycles. The quantitative estimate of drug-likeness (QED) is 0.381. The Bertz CT molecular complexity index is 1110. The van der Waals surface area contributed by atoms with Gasteiger partial charge in [-0.1, -0.05) is 43.8 Å². The molecule has 1 aromatic carbocycles. The molecule has 4 rings (SSSR count). The van der Waals surface area contributed by atoms with Crippen molar-refractivity contribution in [2.24, 2.45) is 0 Å². The zero-order valence-electron chi connectivity index (χ0n) is 19.9. The van der Waals surface area contributed by atoms with Crippen LogP contribution >= 0.6 is 0 Å². The van der Waals surface area contributed by atoms with Crippen LogP contribution in [0, 0.1) is 6.92 Å². The van der Waals surface area contributed by atoms with Crippen LogP contribution in [0.4, 0.5) is 19.0 Å². The Labute approximate surface area is 199 Å². The van der Waals surface area contributed by atoms with Gasteiger partial charge < -0.3 is 10.6 Å². The van der Waals surface area contributed by atoms with Gasteiger partial charge in [-0.05, 0) is 62.3 Å². The highest BCUT2D eigenvalue weighted by molar-refractivity contribution is 5.62. The summed E-state index contributed by atoms with van der Waals surface area (Å²) in [5.74, 6) is 0.653. The Morgan fingerprint density at radius 1 is 1.03 bits per heavy atom. The van der Waals surface area contributed by atoms with Crippen molar-refractivity contribution in [1.29, 1.82) is 0 Å². The molecular formula is C27H33F3N4. The summed E-state index contributed by atoms with van der Waals surface area (Å²) in [6.45, 7) is 13.8. The number of nitrogens with zero attached hydrogens (tertiary/aromatic N) is 2. The Hall–Kier alpha value is -3.22. The summed E-state index contributed by atoms with van der Waals surface area (Å²) >= 11 is 0. The maximum absolute atomic E-state index is 13.3. The number of pyridine rings is 1. The number of nitrogens with one attached hydrogen (secondary N) is 2. The smallest absolute Gasteiger partial charge is 0.382 e. The lowest BCUT2D eigenvalue weighted by atomic mass is 9.90. The molecule has 0 amide bonds. The lowest BCUT2D eigenvalue weighted by Crippen LogP contribution is -2.36. The molecule has 4 nitrogen and oxygen atoms in total. The second-order valence-electron chi connectivity index (χ2n) is 8.51. The number of hydrogen-bond acceptors (Lipinski definition) is 3. The molecule has 34 heavy (non-hydrogen) atoms. The number of benzene rings is 1. The zero-order chi connectivity index (χ0) is 24.9. The molecule has 7 heteroatoms. The summed E-state index contributed by atoms with van der Waals surface area (Å²) in [7, 11) is 0. The minimum absolute atomic E-state index is 0.108. The predicted molar refractivity (Wildman–Crippen MR) is 134 cm³/mol. The van der Waals surface area contributed by atoms with Crippen molar-refractivity contribution in [3.8, 4) is 0 Å². The van der Waals surface area contributed by atoms with Crippen molar-refractivity contribution < 1.29 is 13.2 Å². The molecule has 2 heterocycles. The molecule has 1 aliphatic rings. The highest BCUT2D eigenvalue weighted by Gasteiger charge is 2.37. The molecule has 0 atom stereocenters. The highest BCUT2D eigenvalue weighted by Crippen LogP contribution is 2.33. The number of rotatable bonds is 6. The van der Waals surface area contributed by atoms with Gasteiger partial charge in [-0.25, -0.2) is 4.98 Å². The van der Waals surface area contributed by atoms with Gasteiger partial charge in [-0.3, -0.25) is 4.40 Å². The van der Waals surface area contributed by atoms with Crippen LogP contribution in [0.5, 0.6) is 0 Å². The average Bonchev–Trinajstić information content (AvgIpc) is 3.19. The van der Waals surface area contributed by atoms with Crippen molar-refractivity contribution in [1.82, 2.24) is 14.7 Å². The molecule has 0 radical (unpaired) electrons. The lowest BCUT2D eigenvalue weighted by molar-refractivity contribution is -0.141. The van der Waals surface area contributed by atoms with Gasteiger partial charge >= 0.3 is 6.18 Å². The minimum atomic E-state index is -4.46. The van der Waals surface area contributed by atoms with E-state index < -0.39 is 11.9 Å². The topological polar surface area (TPSA) is 41.4 Å². The zero-order valence-corrected chi connectivity index (χ0v) is 19.9. The molecule has 1 saturated carbocycles. The van der Waals surface area contributed by atoms with Crippen molar-refractivity contribution >= 4 is 17.2 Å². The lowest BCUT2D eigenvalue weighted by Gasteiger charge is -2.31. The van der Waals surface area contributed by atoms with Crippen molar-refractivity contribution in [3.63, 3.8) is 0 Å². The fraction of sp³-hybridized carbons (Fsp3) is 0.370. The van der Waals surface area contributed by atoms with Crippen LogP contribution in [-0.4, -0.2) is 21.5 Å². The number of halogens is 3. The van der Waals surface area contributed by atoms with E-state index in [1.54, 1.807) is 16.5 Å². The third-order valence-corrected chi connectivity index (χ3v) is 6.31. The number of fused-ring (bicyclic) bond motifs is 1. The molecule has 0 saturated heterocycles. The van der Waals surface area contributed by atoms with E-state index in [0.717, 1.165) is 43.4 Å². The first-order chi connectivity index (χ1) is 16.3. The summed E-state index contributed by atoms with van der Waals surface area (Å²) in [5, 5.41) is 7.01. The Morgan fingerprint density at radius 3 is 2.24 bits per heavy atom. The fourth-order valence-corrected chi connectivity index (χ4v) is 4.48. The Balaban J connectivity index is 0.00000158. The molecule has 3 aromatic rings. The minimum Gasteiger partial charge on any atom is -0.382 e. The average molecular weight is 471 g/mol. The van der Waals surface area contributed by atoms with Crippen molar-refractivity contribution in [2.45, 2.75) is 64.2 Å². The molecule has 0 bridgehead atoms. The van der Waals surface area contributed by atoms with Gasteiger partial charge in [0, 0.05) is 17.8 Å². The van der Waals surface area contributed by atoms with Crippen LogP contribution in [0.3, 0.4) is 0 Å². The Kier molecular flexibility index (Phi) is 8.07. The molecule has 1 fully saturated rings. The van der Waals surface area contributed by atoms with Gasteiger partial charge in [-0.2, -0.15) is 13.2 Å². The van der Waals surface area contributed by atoms with E-state index in [0.29, 0.717) is 17.5 Å². The molecule has 0 spiro atoms.